The lowest BCUT2D eigenvalue weighted by Crippen LogP contribution is -2.00. The fraction of sp³-hybridized carbons (Fsp3) is 0.357. The number of rotatable bonds is 5. The normalized spacial score (nSPS) is 10.2. The van der Waals surface area contributed by atoms with Gasteiger partial charge in [0, 0.05) is 17.6 Å². The van der Waals surface area contributed by atoms with Crippen LogP contribution in [-0.2, 0) is 4.79 Å². The van der Waals surface area contributed by atoms with Crippen molar-refractivity contribution in [2.45, 2.75) is 33.1 Å². The zero-order valence-corrected chi connectivity index (χ0v) is 11.0. The molecule has 0 fully saturated rings. The van der Waals surface area contributed by atoms with E-state index in [-0.39, 0.29) is 6.47 Å². The first-order valence-electron chi connectivity index (χ1n) is 5.99. The number of nitrogens with two attached hydrogens (primary N) is 1. The number of aryl methyl sites for hydroxylation is 1. The van der Waals surface area contributed by atoms with Crippen molar-refractivity contribution in [1.29, 1.82) is 0 Å². The van der Waals surface area contributed by atoms with Crippen molar-refractivity contribution in [1.82, 2.24) is 0 Å². The quantitative estimate of drug-likeness (QED) is 0.702. The number of carboxylic acid groups (broad SMARTS) is 1. The van der Waals surface area contributed by atoms with E-state index in [0.717, 1.165) is 24.2 Å². The molecule has 1 aromatic carbocycles. The van der Waals surface area contributed by atoms with Crippen molar-refractivity contribution < 1.29 is 9.90 Å². The van der Waals surface area contributed by atoms with Crippen molar-refractivity contribution >= 4 is 12.2 Å². The van der Waals surface area contributed by atoms with Crippen molar-refractivity contribution in [3.05, 3.63) is 41.7 Å². The fourth-order valence-corrected chi connectivity index (χ4v) is 1.28. The van der Waals surface area contributed by atoms with Gasteiger partial charge in [0.25, 0.3) is 6.47 Å². The number of allylic oxidation sites excluding steroid dienone is 1. The van der Waals surface area contributed by atoms with Gasteiger partial charge in [-0.3, -0.25) is 4.79 Å². The number of nitrogens with one attached hydrogen (secondary N) is 1. The Balaban J connectivity index is 0.000000873. The molecular weight excluding hydrogens is 228 g/mol. The Morgan fingerprint density at radius 1 is 1.39 bits per heavy atom. The van der Waals surface area contributed by atoms with E-state index >= 15 is 0 Å². The molecule has 0 aliphatic carbocycles. The lowest BCUT2D eigenvalue weighted by Gasteiger charge is -2.03. The average Bonchev–Trinajstić information content (AvgIpc) is 2.36. The van der Waals surface area contributed by atoms with Gasteiger partial charge in [0.2, 0.25) is 0 Å². The number of carbonyl (C=O) groups is 1. The van der Waals surface area contributed by atoms with Gasteiger partial charge in [-0.05, 0) is 31.9 Å². The highest BCUT2D eigenvalue weighted by Gasteiger charge is 1.91. The highest BCUT2D eigenvalue weighted by atomic mass is 16.3. The summed E-state index contributed by atoms with van der Waals surface area (Å²) in [4.78, 5) is 8.36. The average molecular weight is 250 g/mol. The number of benzene rings is 1. The summed E-state index contributed by atoms with van der Waals surface area (Å²) in [7, 11) is 0. The zero-order valence-electron chi connectivity index (χ0n) is 11.0. The van der Waals surface area contributed by atoms with Gasteiger partial charge >= 0.3 is 0 Å². The van der Waals surface area contributed by atoms with Gasteiger partial charge in [0.1, 0.15) is 0 Å². The van der Waals surface area contributed by atoms with Crippen LogP contribution in [0.5, 0.6) is 0 Å². The maximum Gasteiger partial charge on any atom is 0.290 e. The van der Waals surface area contributed by atoms with E-state index in [9.17, 15) is 0 Å². The van der Waals surface area contributed by atoms with Crippen LogP contribution in [0.3, 0.4) is 0 Å². The Hall–Kier alpha value is -1.97. The summed E-state index contributed by atoms with van der Waals surface area (Å²) < 4.78 is 0. The lowest BCUT2D eigenvalue weighted by atomic mass is 10.2. The van der Waals surface area contributed by atoms with Gasteiger partial charge in [-0.15, -0.1) is 0 Å². The van der Waals surface area contributed by atoms with Crippen LogP contribution in [0.15, 0.2) is 36.2 Å². The molecule has 0 bridgehead atoms. The van der Waals surface area contributed by atoms with E-state index in [1.807, 2.05) is 6.20 Å². The second-order valence-corrected chi connectivity index (χ2v) is 3.94. The van der Waals surface area contributed by atoms with Crippen LogP contribution in [0.4, 0.5) is 5.69 Å². The predicted molar refractivity (Wildman–Crippen MR) is 75.3 cm³/mol. The monoisotopic (exact) mass is 250 g/mol. The summed E-state index contributed by atoms with van der Waals surface area (Å²) in [5.74, 6) is 0. The molecular formula is C14H22N2O2. The Kier molecular flexibility index (Phi) is 9.08. The van der Waals surface area contributed by atoms with E-state index in [0.29, 0.717) is 0 Å². The molecule has 0 unspecified atom stereocenters. The third kappa shape index (κ3) is 8.21. The topological polar surface area (TPSA) is 75.3 Å². The second-order valence-electron chi connectivity index (χ2n) is 3.94. The van der Waals surface area contributed by atoms with Crippen molar-refractivity contribution in [3.8, 4) is 0 Å². The third-order valence-electron chi connectivity index (χ3n) is 2.29. The Labute approximate surface area is 109 Å². The van der Waals surface area contributed by atoms with Gasteiger partial charge in [-0.2, -0.15) is 0 Å². The summed E-state index contributed by atoms with van der Waals surface area (Å²) in [6.45, 7) is 4.00. The van der Waals surface area contributed by atoms with Crippen molar-refractivity contribution in [3.63, 3.8) is 0 Å². The van der Waals surface area contributed by atoms with Gasteiger partial charge < -0.3 is 16.2 Å². The van der Waals surface area contributed by atoms with Crippen LogP contribution in [0, 0.1) is 6.92 Å². The van der Waals surface area contributed by atoms with Gasteiger partial charge in [0.15, 0.2) is 0 Å². The zero-order chi connectivity index (χ0) is 13.8. The van der Waals surface area contributed by atoms with Crippen LogP contribution in [0.1, 0.15) is 31.7 Å². The molecule has 0 heterocycles. The molecule has 4 heteroatoms. The summed E-state index contributed by atoms with van der Waals surface area (Å²) in [5, 5.41) is 10.1. The van der Waals surface area contributed by atoms with E-state index < -0.39 is 0 Å². The van der Waals surface area contributed by atoms with Gasteiger partial charge in [-0.25, -0.2) is 0 Å². The largest absolute Gasteiger partial charge is 0.483 e. The molecule has 0 saturated heterocycles. The minimum atomic E-state index is -0.250. The molecule has 4 nitrogen and oxygen atoms in total. The molecule has 0 aliphatic rings. The second kappa shape index (κ2) is 10.2. The molecule has 0 spiro atoms. The predicted octanol–water partition coefficient (Wildman–Crippen LogP) is 3.10. The summed E-state index contributed by atoms with van der Waals surface area (Å²) in [5.41, 5.74) is 9.10. The first kappa shape index (κ1) is 16.0. The van der Waals surface area contributed by atoms with Crippen LogP contribution in [-0.4, -0.2) is 11.6 Å². The summed E-state index contributed by atoms with van der Waals surface area (Å²) >= 11 is 0. The molecule has 18 heavy (non-hydrogen) atoms. The lowest BCUT2D eigenvalue weighted by molar-refractivity contribution is -0.122. The minimum absolute atomic E-state index is 0.250. The first-order chi connectivity index (χ1) is 8.63. The Bertz CT molecular complexity index is 359. The van der Waals surface area contributed by atoms with Crippen LogP contribution in [0.25, 0.3) is 0 Å². The molecule has 0 aliphatic heterocycles. The van der Waals surface area contributed by atoms with Gasteiger partial charge in [-0.1, -0.05) is 31.0 Å². The molecule has 0 aromatic heterocycles. The molecule has 0 radical (unpaired) electrons. The maximum atomic E-state index is 8.36. The molecule has 0 saturated carbocycles. The SMILES string of the molecule is CCCC/C(N)=C/Nc1ccc(C)cc1.O=CO. The van der Waals surface area contributed by atoms with Crippen molar-refractivity contribution in [2.24, 2.45) is 5.73 Å². The number of hydrogen-bond donors (Lipinski definition) is 3. The maximum absolute atomic E-state index is 8.36. The highest BCUT2D eigenvalue weighted by Crippen LogP contribution is 2.09. The van der Waals surface area contributed by atoms with E-state index in [4.69, 9.17) is 15.6 Å². The molecule has 4 N–H and O–H groups in total. The minimum Gasteiger partial charge on any atom is -0.483 e. The van der Waals surface area contributed by atoms with Gasteiger partial charge in [0.05, 0.1) is 0 Å². The fourth-order valence-electron chi connectivity index (χ4n) is 1.28. The van der Waals surface area contributed by atoms with Crippen LogP contribution < -0.4 is 11.1 Å². The highest BCUT2D eigenvalue weighted by molar-refractivity contribution is 5.46. The molecule has 1 rings (SSSR count). The van der Waals surface area contributed by atoms with Crippen LogP contribution >= 0.6 is 0 Å². The number of anilines is 1. The van der Waals surface area contributed by atoms with E-state index in [2.05, 4.69) is 43.4 Å². The Morgan fingerprint density at radius 3 is 2.44 bits per heavy atom. The van der Waals surface area contributed by atoms with Crippen LogP contribution in [0.2, 0.25) is 0 Å². The third-order valence-corrected chi connectivity index (χ3v) is 2.29. The van der Waals surface area contributed by atoms with E-state index in [1.165, 1.54) is 12.0 Å². The smallest absolute Gasteiger partial charge is 0.290 e. The standard InChI is InChI=1S/C13H20N2.CH2O2/c1-3-4-5-12(14)10-15-13-8-6-11(2)7-9-13;2-1-3/h6-10,15H,3-5,14H2,1-2H3;1H,(H,2,3)/b12-10-;. The molecule has 100 valence electrons. The Morgan fingerprint density at radius 2 is 1.94 bits per heavy atom. The van der Waals surface area contributed by atoms with Crippen molar-refractivity contribution in [2.75, 3.05) is 5.32 Å². The first-order valence-corrected chi connectivity index (χ1v) is 5.99. The summed E-state index contributed by atoms with van der Waals surface area (Å²) in [6.07, 6.45) is 5.19. The molecule has 0 atom stereocenters. The molecule has 0 amide bonds. The number of hydrogen-bond acceptors (Lipinski definition) is 3. The summed E-state index contributed by atoms with van der Waals surface area (Å²) in [6, 6.07) is 8.27. The number of unbranched alkanes of at least 4 members (excludes halogenated alkanes) is 1. The van der Waals surface area contributed by atoms with E-state index in [1.54, 1.807) is 0 Å². The molecule has 1 aromatic rings.